The predicted octanol–water partition coefficient (Wildman–Crippen LogP) is 3.80. The van der Waals surface area contributed by atoms with Gasteiger partial charge in [0.05, 0.1) is 4.47 Å². The van der Waals surface area contributed by atoms with Gasteiger partial charge >= 0.3 is 0 Å². The molecule has 1 aliphatic rings. The molecule has 1 aromatic rings. The highest BCUT2D eigenvalue weighted by Gasteiger charge is 2.17. The Morgan fingerprint density at radius 3 is 3.00 bits per heavy atom. The number of piperidine rings is 1. The first-order chi connectivity index (χ1) is 9.70. The van der Waals surface area contributed by atoms with Gasteiger partial charge in [-0.05, 0) is 72.4 Å². The summed E-state index contributed by atoms with van der Waals surface area (Å²) in [6.07, 6.45) is 3.71. The Labute approximate surface area is 129 Å². The summed E-state index contributed by atoms with van der Waals surface area (Å²) in [6.45, 7) is 7.46. The van der Waals surface area contributed by atoms with Crippen molar-refractivity contribution in [3.8, 4) is 0 Å². The Morgan fingerprint density at radius 2 is 2.30 bits per heavy atom. The third-order valence-corrected chi connectivity index (χ3v) is 4.77. The molecule has 0 aromatic heterocycles. The van der Waals surface area contributed by atoms with Crippen LogP contribution in [0.2, 0.25) is 0 Å². The Balaban J connectivity index is 1.98. The molecule has 20 heavy (non-hydrogen) atoms. The van der Waals surface area contributed by atoms with Gasteiger partial charge in [0, 0.05) is 13.1 Å². The van der Waals surface area contributed by atoms with Gasteiger partial charge in [0.25, 0.3) is 0 Å². The zero-order valence-corrected chi connectivity index (χ0v) is 13.8. The van der Waals surface area contributed by atoms with Crippen molar-refractivity contribution in [3.05, 3.63) is 34.1 Å². The molecule has 1 N–H and O–H groups in total. The standard InChI is InChI=1S/C16H24BrFN2/c1-2-9-20(11-13-5-4-8-19-10-13)12-14-6-3-7-15(18)16(14)17/h3,6-7,13,19H,2,4-5,8-12H2,1H3. The molecule has 1 aliphatic heterocycles. The van der Waals surface area contributed by atoms with Crippen LogP contribution in [-0.4, -0.2) is 31.1 Å². The molecule has 1 heterocycles. The van der Waals surface area contributed by atoms with Crippen molar-refractivity contribution in [1.29, 1.82) is 0 Å². The summed E-state index contributed by atoms with van der Waals surface area (Å²) in [6, 6.07) is 5.31. The van der Waals surface area contributed by atoms with E-state index in [1.807, 2.05) is 6.07 Å². The molecule has 1 aromatic carbocycles. The molecule has 2 rings (SSSR count). The average Bonchev–Trinajstić information content (AvgIpc) is 2.45. The van der Waals surface area contributed by atoms with Crippen LogP contribution in [0.1, 0.15) is 31.7 Å². The number of hydrogen-bond donors (Lipinski definition) is 1. The maximum atomic E-state index is 13.6. The summed E-state index contributed by atoms with van der Waals surface area (Å²) >= 11 is 3.37. The summed E-state index contributed by atoms with van der Waals surface area (Å²) in [5, 5.41) is 3.47. The molecule has 1 unspecified atom stereocenters. The molecule has 0 bridgehead atoms. The van der Waals surface area contributed by atoms with E-state index in [0.717, 1.165) is 50.6 Å². The van der Waals surface area contributed by atoms with Crippen LogP contribution >= 0.6 is 15.9 Å². The van der Waals surface area contributed by atoms with Gasteiger partial charge in [-0.2, -0.15) is 0 Å². The maximum Gasteiger partial charge on any atom is 0.137 e. The summed E-state index contributed by atoms with van der Waals surface area (Å²) in [4.78, 5) is 2.46. The normalized spacial score (nSPS) is 19.5. The van der Waals surface area contributed by atoms with Crippen molar-refractivity contribution in [2.75, 3.05) is 26.2 Å². The van der Waals surface area contributed by atoms with E-state index in [2.05, 4.69) is 33.1 Å². The molecule has 0 radical (unpaired) electrons. The third kappa shape index (κ3) is 4.54. The summed E-state index contributed by atoms with van der Waals surface area (Å²) in [5.41, 5.74) is 1.04. The molecule has 2 nitrogen and oxygen atoms in total. The lowest BCUT2D eigenvalue weighted by molar-refractivity contribution is 0.201. The second-order valence-electron chi connectivity index (χ2n) is 5.66. The zero-order valence-electron chi connectivity index (χ0n) is 12.2. The van der Waals surface area contributed by atoms with E-state index in [1.165, 1.54) is 18.9 Å². The predicted molar refractivity (Wildman–Crippen MR) is 85.3 cm³/mol. The van der Waals surface area contributed by atoms with Crippen LogP contribution < -0.4 is 5.32 Å². The zero-order chi connectivity index (χ0) is 14.4. The van der Waals surface area contributed by atoms with Gasteiger partial charge in [0.15, 0.2) is 0 Å². The van der Waals surface area contributed by atoms with Crippen molar-refractivity contribution >= 4 is 15.9 Å². The SMILES string of the molecule is CCCN(Cc1cccc(F)c1Br)CC1CCCNC1. The van der Waals surface area contributed by atoms with Gasteiger partial charge < -0.3 is 5.32 Å². The van der Waals surface area contributed by atoms with Crippen molar-refractivity contribution in [3.63, 3.8) is 0 Å². The fourth-order valence-corrected chi connectivity index (χ4v) is 3.30. The van der Waals surface area contributed by atoms with Crippen molar-refractivity contribution in [2.24, 2.45) is 5.92 Å². The number of rotatable bonds is 6. The Kier molecular flexibility index (Phi) is 6.46. The molecular formula is C16H24BrFN2. The highest BCUT2D eigenvalue weighted by atomic mass is 79.9. The second-order valence-corrected chi connectivity index (χ2v) is 6.45. The molecule has 0 saturated carbocycles. The smallest absolute Gasteiger partial charge is 0.137 e. The molecule has 4 heteroatoms. The van der Waals surface area contributed by atoms with Crippen LogP contribution in [0.3, 0.4) is 0 Å². The van der Waals surface area contributed by atoms with Crippen molar-refractivity contribution in [2.45, 2.75) is 32.7 Å². The van der Waals surface area contributed by atoms with Gasteiger partial charge in [-0.3, -0.25) is 4.90 Å². The first kappa shape index (κ1) is 15.9. The Bertz CT molecular complexity index is 419. The topological polar surface area (TPSA) is 15.3 Å². The van der Waals surface area contributed by atoms with E-state index in [0.29, 0.717) is 4.47 Å². The van der Waals surface area contributed by atoms with E-state index >= 15 is 0 Å². The van der Waals surface area contributed by atoms with E-state index < -0.39 is 0 Å². The average molecular weight is 343 g/mol. The first-order valence-electron chi connectivity index (χ1n) is 7.56. The molecule has 0 amide bonds. The molecule has 1 fully saturated rings. The molecule has 1 saturated heterocycles. The summed E-state index contributed by atoms with van der Waals surface area (Å²) in [5.74, 6) is 0.556. The fraction of sp³-hybridized carbons (Fsp3) is 0.625. The van der Waals surface area contributed by atoms with Crippen LogP contribution in [0.4, 0.5) is 4.39 Å². The number of nitrogens with zero attached hydrogens (tertiary/aromatic N) is 1. The lowest BCUT2D eigenvalue weighted by Crippen LogP contribution is -2.38. The molecule has 0 aliphatic carbocycles. The monoisotopic (exact) mass is 342 g/mol. The molecule has 0 spiro atoms. The lowest BCUT2D eigenvalue weighted by Gasteiger charge is -2.30. The number of hydrogen-bond acceptors (Lipinski definition) is 2. The highest BCUT2D eigenvalue weighted by molar-refractivity contribution is 9.10. The highest BCUT2D eigenvalue weighted by Crippen LogP contribution is 2.23. The number of halogens is 2. The lowest BCUT2D eigenvalue weighted by atomic mass is 9.98. The minimum atomic E-state index is -0.168. The van der Waals surface area contributed by atoms with Crippen LogP contribution in [0, 0.1) is 11.7 Å². The van der Waals surface area contributed by atoms with Crippen molar-refractivity contribution < 1.29 is 4.39 Å². The minimum Gasteiger partial charge on any atom is -0.316 e. The minimum absolute atomic E-state index is 0.168. The Hall–Kier alpha value is -0.450. The molecule has 112 valence electrons. The van der Waals surface area contributed by atoms with E-state index in [4.69, 9.17) is 0 Å². The summed E-state index contributed by atoms with van der Waals surface area (Å²) in [7, 11) is 0. The maximum absolute atomic E-state index is 13.6. The quantitative estimate of drug-likeness (QED) is 0.845. The number of benzene rings is 1. The van der Waals surface area contributed by atoms with E-state index in [1.54, 1.807) is 6.07 Å². The van der Waals surface area contributed by atoms with Gasteiger partial charge in [-0.25, -0.2) is 4.39 Å². The molecular weight excluding hydrogens is 319 g/mol. The van der Waals surface area contributed by atoms with Gasteiger partial charge in [0.2, 0.25) is 0 Å². The Morgan fingerprint density at radius 1 is 1.45 bits per heavy atom. The second kappa shape index (κ2) is 8.11. The summed E-state index contributed by atoms with van der Waals surface area (Å²) < 4.78 is 14.2. The van der Waals surface area contributed by atoms with Gasteiger partial charge in [-0.15, -0.1) is 0 Å². The third-order valence-electron chi connectivity index (χ3n) is 3.88. The largest absolute Gasteiger partial charge is 0.316 e. The van der Waals surface area contributed by atoms with Gasteiger partial charge in [-0.1, -0.05) is 19.1 Å². The first-order valence-corrected chi connectivity index (χ1v) is 8.36. The van der Waals surface area contributed by atoms with Crippen LogP contribution in [0.5, 0.6) is 0 Å². The van der Waals surface area contributed by atoms with E-state index in [-0.39, 0.29) is 5.82 Å². The van der Waals surface area contributed by atoms with E-state index in [9.17, 15) is 4.39 Å². The van der Waals surface area contributed by atoms with Crippen molar-refractivity contribution in [1.82, 2.24) is 10.2 Å². The van der Waals surface area contributed by atoms with Gasteiger partial charge in [0.1, 0.15) is 5.82 Å². The van der Waals surface area contributed by atoms with Crippen LogP contribution in [-0.2, 0) is 6.54 Å². The number of nitrogens with one attached hydrogen (secondary N) is 1. The molecule has 1 atom stereocenters. The van der Waals surface area contributed by atoms with Crippen LogP contribution in [0.15, 0.2) is 22.7 Å². The fourth-order valence-electron chi connectivity index (χ4n) is 2.91. The van der Waals surface area contributed by atoms with Crippen LogP contribution in [0.25, 0.3) is 0 Å².